The Bertz CT molecular complexity index is 822. The summed E-state index contributed by atoms with van der Waals surface area (Å²) in [7, 11) is 0. The van der Waals surface area contributed by atoms with E-state index < -0.39 is 5.60 Å². The molecule has 1 aliphatic rings. The average Bonchev–Trinajstić information content (AvgIpc) is 2.57. The topological polar surface area (TPSA) is 87.4 Å². The summed E-state index contributed by atoms with van der Waals surface area (Å²) in [6, 6.07) is 7.05. The molecule has 0 aliphatic heterocycles. The molecule has 1 aliphatic carbocycles. The minimum absolute atomic E-state index is 0.322. The molecule has 3 rings (SSSR count). The Labute approximate surface area is 140 Å². The lowest BCUT2D eigenvalue weighted by atomic mass is 9.76. The quantitative estimate of drug-likeness (QED) is 0.751. The number of fused-ring (bicyclic) bond motifs is 1. The number of aliphatic hydroxyl groups is 2. The number of benzene rings is 1. The average molecular weight is 329 g/mol. The molecule has 0 saturated heterocycles. The van der Waals surface area contributed by atoms with Gasteiger partial charge in [0.15, 0.2) is 5.88 Å². The van der Waals surface area contributed by atoms with E-state index in [2.05, 4.69) is 17.0 Å². The molecule has 0 bridgehead atoms. The molecule has 1 unspecified atom stereocenters. The SMILES string of the molecule is C=C(O)Nn1c(C(C)C2(O)CCCCC2)nc2ccccc2c1=O. The second-order valence-corrected chi connectivity index (χ2v) is 6.57. The lowest BCUT2D eigenvalue weighted by Crippen LogP contribution is -2.42. The maximum absolute atomic E-state index is 12.8. The summed E-state index contributed by atoms with van der Waals surface area (Å²) in [6.07, 6.45) is 4.38. The van der Waals surface area contributed by atoms with Crippen molar-refractivity contribution in [2.24, 2.45) is 0 Å². The second kappa shape index (κ2) is 6.28. The normalized spacial score (nSPS) is 18.2. The highest BCUT2D eigenvalue weighted by Crippen LogP contribution is 2.38. The van der Waals surface area contributed by atoms with Crippen LogP contribution in [0, 0.1) is 0 Å². The van der Waals surface area contributed by atoms with Crippen LogP contribution in [0.5, 0.6) is 0 Å². The predicted octanol–water partition coefficient (Wildman–Crippen LogP) is 2.77. The lowest BCUT2D eigenvalue weighted by Gasteiger charge is -2.37. The number of nitrogens with one attached hydrogen (secondary N) is 1. The van der Waals surface area contributed by atoms with Gasteiger partial charge in [-0.3, -0.25) is 10.2 Å². The van der Waals surface area contributed by atoms with Crippen LogP contribution in [-0.2, 0) is 0 Å². The van der Waals surface area contributed by atoms with Crippen LogP contribution in [0.15, 0.2) is 41.5 Å². The van der Waals surface area contributed by atoms with Crippen LogP contribution in [-0.4, -0.2) is 25.5 Å². The van der Waals surface area contributed by atoms with Gasteiger partial charge < -0.3 is 10.2 Å². The van der Waals surface area contributed by atoms with Crippen molar-refractivity contribution in [2.75, 3.05) is 5.43 Å². The number of nitrogens with zero attached hydrogens (tertiary/aromatic N) is 2. The second-order valence-electron chi connectivity index (χ2n) is 6.57. The van der Waals surface area contributed by atoms with Gasteiger partial charge in [-0.15, -0.1) is 0 Å². The van der Waals surface area contributed by atoms with E-state index in [4.69, 9.17) is 0 Å². The van der Waals surface area contributed by atoms with Gasteiger partial charge in [0.1, 0.15) is 5.82 Å². The Morgan fingerprint density at radius 1 is 1.33 bits per heavy atom. The van der Waals surface area contributed by atoms with E-state index in [0.717, 1.165) is 19.3 Å². The minimum Gasteiger partial charge on any atom is -0.494 e. The van der Waals surface area contributed by atoms with Gasteiger partial charge in [-0.1, -0.05) is 38.3 Å². The summed E-state index contributed by atoms with van der Waals surface area (Å²) in [5.74, 6) is -0.307. The van der Waals surface area contributed by atoms with Gasteiger partial charge >= 0.3 is 0 Å². The van der Waals surface area contributed by atoms with Crippen LogP contribution in [0.25, 0.3) is 10.9 Å². The fourth-order valence-corrected chi connectivity index (χ4v) is 3.51. The number of rotatable bonds is 4. The Hall–Kier alpha value is -2.34. The molecule has 1 aromatic heterocycles. The van der Waals surface area contributed by atoms with Crippen LogP contribution >= 0.6 is 0 Å². The van der Waals surface area contributed by atoms with Crippen molar-refractivity contribution in [1.29, 1.82) is 0 Å². The van der Waals surface area contributed by atoms with E-state index in [1.54, 1.807) is 18.2 Å². The van der Waals surface area contributed by atoms with E-state index in [9.17, 15) is 15.0 Å². The molecule has 0 spiro atoms. The van der Waals surface area contributed by atoms with Crippen LogP contribution in [0.1, 0.15) is 50.8 Å². The molecule has 128 valence electrons. The van der Waals surface area contributed by atoms with Gasteiger partial charge in [-0.25, -0.2) is 9.66 Å². The first kappa shape index (κ1) is 16.5. The van der Waals surface area contributed by atoms with Gasteiger partial charge in [-0.2, -0.15) is 0 Å². The highest BCUT2D eigenvalue weighted by Gasteiger charge is 2.38. The summed E-state index contributed by atoms with van der Waals surface area (Å²) in [5.41, 5.74) is 1.91. The van der Waals surface area contributed by atoms with Crippen LogP contribution in [0.3, 0.4) is 0 Å². The third-order valence-corrected chi connectivity index (χ3v) is 4.96. The van der Waals surface area contributed by atoms with E-state index in [1.807, 2.05) is 13.0 Å². The van der Waals surface area contributed by atoms with Gasteiger partial charge in [0.05, 0.1) is 16.5 Å². The monoisotopic (exact) mass is 329 g/mol. The Kier molecular flexibility index (Phi) is 4.32. The number of aromatic nitrogens is 2. The lowest BCUT2D eigenvalue weighted by molar-refractivity contribution is -0.0198. The van der Waals surface area contributed by atoms with Gasteiger partial charge in [0.2, 0.25) is 0 Å². The molecule has 6 nitrogen and oxygen atoms in total. The third kappa shape index (κ3) is 2.89. The fourth-order valence-electron chi connectivity index (χ4n) is 3.51. The summed E-state index contributed by atoms with van der Waals surface area (Å²) < 4.78 is 1.20. The van der Waals surface area contributed by atoms with E-state index in [-0.39, 0.29) is 17.4 Å². The number of hydrogen-bond acceptors (Lipinski definition) is 5. The number of hydrogen-bond donors (Lipinski definition) is 3. The van der Waals surface area contributed by atoms with E-state index in [1.165, 1.54) is 4.68 Å². The summed E-state index contributed by atoms with van der Waals surface area (Å²) in [5, 5.41) is 21.0. The summed E-state index contributed by atoms with van der Waals surface area (Å²) in [6.45, 7) is 5.27. The largest absolute Gasteiger partial charge is 0.494 e. The molecule has 24 heavy (non-hydrogen) atoms. The van der Waals surface area contributed by atoms with Crippen molar-refractivity contribution in [3.05, 3.63) is 52.9 Å². The molecular weight excluding hydrogens is 306 g/mol. The maximum atomic E-state index is 12.8. The van der Waals surface area contributed by atoms with Crippen molar-refractivity contribution >= 4 is 10.9 Å². The Morgan fingerprint density at radius 3 is 2.67 bits per heavy atom. The third-order valence-electron chi connectivity index (χ3n) is 4.96. The van der Waals surface area contributed by atoms with Crippen LogP contribution in [0.4, 0.5) is 0 Å². The molecule has 1 fully saturated rings. The number of para-hydroxylation sites is 1. The molecule has 3 N–H and O–H groups in total. The Morgan fingerprint density at radius 2 is 2.00 bits per heavy atom. The smallest absolute Gasteiger partial charge is 0.280 e. The van der Waals surface area contributed by atoms with E-state index in [0.29, 0.717) is 29.6 Å². The first-order valence-corrected chi connectivity index (χ1v) is 8.31. The molecule has 0 radical (unpaired) electrons. The molecule has 6 heteroatoms. The highest BCUT2D eigenvalue weighted by atomic mass is 16.3. The standard InChI is InChI=1S/C18H23N3O3/c1-12(18(24)10-6-3-7-11-18)16-19-15-9-5-4-8-14(15)17(23)21(16)20-13(2)22/h4-5,8-9,12,20,22,24H,2-3,6-7,10-11H2,1H3. The van der Waals surface area contributed by atoms with Crippen molar-refractivity contribution in [3.63, 3.8) is 0 Å². The molecular formula is C18H23N3O3. The van der Waals surface area contributed by atoms with Gasteiger partial charge in [0, 0.05) is 5.92 Å². The summed E-state index contributed by atoms with van der Waals surface area (Å²) in [4.78, 5) is 17.4. The zero-order valence-corrected chi connectivity index (χ0v) is 13.8. The molecule has 2 aromatic rings. The molecule has 1 heterocycles. The van der Waals surface area contributed by atoms with Gasteiger partial charge in [-0.05, 0) is 31.6 Å². The number of aliphatic hydroxyl groups excluding tert-OH is 1. The highest BCUT2D eigenvalue weighted by molar-refractivity contribution is 5.77. The van der Waals surface area contributed by atoms with E-state index >= 15 is 0 Å². The van der Waals surface area contributed by atoms with Gasteiger partial charge in [0.25, 0.3) is 5.56 Å². The van der Waals surface area contributed by atoms with Crippen molar-refractivity contribution in [1.82, 2.24) is 9.66 Å². The zero-order chi connectivity index (χ0) is 17.3. The van der Waals surface area contributed by atoms with Crippen molar-refractivity contribution < 1.29 is 10.2 Å². The Balaban J connectivity index is 2.17. The predicted molar refractivity (Wildman–Crippen MR) is 93.6 cm³/mol. The first-order valence-electron chi connectivity index (χ1n) is 8.31. The van der Waals surface area contributed by atoms with Crippen LogP contribution in [0.2, 0.25) is 0 Å². The van der Waals surface area contributed by atoms with Crippen LogP contribution < -0.4 is 11.0 Å². The first-order chi connectivity index (χ1) is 11.4. The molecule has 1 aromatic carbocycles. The van der Waals surface area contributed by atoms with Crippen molar-refractivity contribution in [3.8, 4) is 0 Å². The minimum atomic E-state index is -0.902. The molecule has 1 saturated carbocycles. The molecule has 0 amide bonds. The maximum Gasteiger partial charge on any atom is 0.280 e. The zero-order valence-electron chi connectivity index (χ0n) is 13.8. The molecule has 1 atom stereocenters. The summed E-state index contributed by atoms with van der Waals surface area (Å²) >= 11 is 0. The fraction of sp³-hybridized carbons (Fsp3) is 0.444. The van der Waals surface area contributed by atoms with Crippen molar-refractivity contribution in [2.45, 2.75) is 50.5 Å².